The Morgan fingerprint density at radius 1 is 1.27 bits per heavy atom. The van der Waals surface area contributed by atoms with Crippen molar-refractivity contribution in [2.45, 2.75) is 19.0 Å². The van der Waals surface area contributed by atoms with Gasteiger partial charge in [-0.15, -0.1) is 0 Å². The number of carboxylic acids is 1. The molecular weight excluding hydrogens is 346 g/mol. The molecule has 0 aromatic heterocycles. The second-order valence-electron chi connectivity index (χ2n) is 4.92. The molecule has 2 aromatic rings. The standard InChI is InChI=1S/C17H18BrNO3/c1-22-14-7-8-15(18)13(10-14)11-19-16(17(20)21)9-12-5-3-2-4-6-12/h2-8,10,16,19H,9,11H2,1H3,(H,20,21)/t16-/m1/s1. The van der Waals surface area contributed by atoms with Crippen molar-refractivity contribution in [1.82, 2.24) is 5.32 Å². The van der Waals surface area contributed by atoms with E-state index in [4.69, 9.17) is 4.74 Å². The van der Waals surface area contributed by atoms with Gasteiger partial charge in [0.25, 0.3) is 0 Å². The quantitative estimate of drug-likeness (QED) is 0.792. The van der Waals surface area contributed by atoms with Gasteiger partial charge in [-0.25, -0.2) is 0 Å². The van der Waals surface area contributed by atoms with Gasteiger partial charge in [0.2, 0.25) is 0 Å². The van der Waals surface area contributed by atoms with Crippen LogP contribution in [-0.4, -0.2) is 24.2 Å². The number of aliphatic carboxylic acids is 1. The number of ether oxygens (including phenoxy) is 1. The highest BCUT2D eigenvalue weighted by Gasteiger charge is 2.17. The van der Waals surface area contributed by atoms with Crippen LogP contribution in [0.15, 0.2) is 53.0 Å². The number of halogens is 1. The maximum Gasteiger partial charge on any atom is 0.321 e. The highest BCUT2D eigenvalue weighted by Crippen LogP contribution is 2.22. The third-order valence-corrected chi connectivity index (χ3v) is 4.15. The number of benzene rings is 2. The van der Waals surface area contributed by atoms with Crippen LogP contribution in [0, 0.1) is 0 Å². The molecule has 5 heteroatoms. The number of carbonyl (C=O) groups is 1. The molecular formula is C17H18BrNO3. The Bertz CT molecular complexity index is 631. The minimum absolute atomic E-state index is 0.442. The normalized spacial score (nSPS) is 11.9. The molecule has 0 aliphatic carbocycles. The molecule has 0 aliphatic rings. The lowest BCUT2D eigenvalue weighted by molar-refractivity contribution is -0.139. The maximum atomic E-state index is 11.4. The molecule has 0 unspecified atom stereocenters. The van der Waals surface area contributed by atoms with E-state index in [1.165, 1.54) is 0 Å². The van der Waals surface area contributed by atoms with E-state index >= 15 is 0 Å². The van der Waals surface area contributed by atoms with Crippen LogP contribution in [0.4, 0.5) is 0 Å². The average molecular weight is 364 g/mol. The van der Waals surface area contributed by atoms with Crippen LogP contribution in [0.25, 0.3) is 0 Å². The van der Waals surface area contributed by atoms with Gasteiger partial charge in [-0.05, 0) is 35.7 Å². The Labute approximate surface area is 138 Å². The number of hydrogen-bond acceptors (Lipinski definition) is 3. The van der Waals surface area contributed by atoms with E-state index < -0.39 is 12.0 Å². The van der Waals surface area contributed by atoms with Crippen molar-refractivity contribution in [3.05, 3.63) is 64.1 Å². The van der Waals surface area contributed by atoms with E-state index in [9.17, 15) is 9.90 Å². The predicted molar refractivity (Wildman–Crippen MR) is 89.1 cm³/mol. The molecule has 22 heavy (non-hydrogen) atoms. The monoisotopic (exact) mass is 363 g/mol. The van der Waals surface area contributed by atoms with Crippen LogP contribution < -0.4 is 10.1 Å². The Kier molecular flexibility index (Phi) is 5.98. The lowest BCUT2D eigenvalue weighted by Crippen LogP contribution is -2.38. The topological polar surface area (TPSA) is 58.6 Å². The van der Waals surface area contributed by atoms with Crippen molar-refractivity contribution in [1.29, 1.82) is 0 Å². The van der Waals surface area contributed by atoms with E-state index in [1.54, 1.807) is 7.11 Å². The first kappa shape index (κ1) is 16.5. The number of rotatable bonds is 7. The first-order valence-corrected chi connectivity index (χ1v) is 7.72. The molecule has 0 amide bonds. The van der Waals surface area contributed by atoms with Crippen molar-refractivity contribution in [3.63, 3.8) is 0 Å². The molecule has 0 aliphatic heterocycles. The Morgan fingerprint density at radius 2 is 2.00 bits per heavy atom. The van der Waals surface area contributed by atoms with Crippen LogP contribution in [0.3, 0.4) is 0 Å². The Morgan fingerprint density at radius 3 is 2.64 bits per heavy atom. The van der Waals surface area contributed by atoms with Crippen molar-refractivity contribution in [2.24, 2.45) is 0 Å². The molecule has 2 aromatic carbocycles. The molecule has 0 saturated heterocycles. The zero-order chi connectivity index (χ0) is 15.9. The van der Waals surface area contributed by atoms with E-state index in [0.29, 0.717) is 13.0 Å². The van der Waals surface area contributed by atoms with Crippen molar-refractivity contribution < 1.29 is 14.6 Å². The fourth-order valence-electron chi connectivity index (χ4n) is 2.14. The summed E-state index contributed by atoms with van der Waals surface area (Å²) in [6.07, 6.45) is 0.442. The SMILES string of the molecule is COc1ccc(Br)c(CN[C@H](Cc2ccccc2)C(=O)O)c1. The van der Waals surface area contributed by atoms with Gasteiger partial charge in [0.05, 0.1) is 7.11 Å². The maximum absolute atomic E-state index is 11.4. The number of carboxylic acid groups (broad SMARTS) is 1. The molecule has 116 valence electrons. The fourth-order valence-corrected chi connectivity index (χ4v) is 2.53. The molecule has 4 nitrogen and oxygen atoms in total. The molecule has 2 rings (SSSR count). The van der Waals surface area contributed by atoms with Gasteiger partial charge in [-0.1, -0.05) is 46.3 Å². The van der Waals surface area contributed by atoms with Gasteiger partial charge >= 0.3 is 5.97 Å². The highest BCUT2D eigenvalue weighted by atomic mass is 79.9. The number of hydrogen-bond donors (Lipinski definition) is 2. The van der Waals surface area contributed by atoms with Gasteiger partial charge in [-0.3, -0.25) is 10.1 Å². The summed E-state index contributed by atoms with van der Waals surface area (Å²) in [4.78, 5) is 11.4. The summed E-state index contributed by atoms with van der Waals surface area (Å²) >= 11 is 3.47. The van der Waals surface area contributed by atoms with E-state index in [-0.39, 0.29) is 0 Å². The van der Waals surface area contributed by atoms with Gasteiger partial charge in [0.15, 0.2) is 0 Å². The van der Waals surface area contributed by atoms with E-state index in [1.807, 2.05) is 48.5 Å². The summed E-state index contributed by atoms with van der Waals surface area (Å²) < 4.78 is 6.12. The molecule has 0 saturated carbocycles. The predicted octanol–water partition coefficient (Wildman–Crippen LogP) is 3.24. The summed E-state index contributed by atoms with van der Waals surface area (Å²) in [5.74, 6) is -0.113. The number of nitrogens with one attached hydrogen (secondary N) is 1. The second-order valence-corrected chi connectivity index (χ2v) is 5.77. The third-order valence-electron chi connectivity index (χ3n) is 3.37. The third kappa shape index (κ3) is 4.58. The Balaban J connectivity index is 2.04. The molecule has 0 spiro atoms. The van der Waals surface area contributed by atoms with Gasteiger partial charge < -0.3 is 9.84 Å². The summed E-state index contributed by atoms with van der Waals surface area (Å²) in [5.41, 5.74) is 1.95. The minimum Gasteiger partial charge on any atom is -0.497 e. The molecule has 2 N–H and O–H groups in total. The van der Waals surface area contributed by atoms with Crippen LogP contribution >= 0.6 is 15.9 Å². The summed E-state index contributed by atoms with van der Waals surface area (Å²) in [5, 5.41) is 12.5. The molecule has 0 radical (unpaired) electrons. The highest BCUT2D eigenvalue weighted by molar-refractivity contribution is 9.10. The van der Waals surface area contributed by atoms with Crippen LogP contribution in [0.2, 0.25) is 0 Å². The zero-order valence-corrected chi connectivity index (χ0v) is 13.8. The average Bonchev–Trinajstić information content (AvgIpc) is 2.53. The van der Waals surface area contributed by atoms with Crippen LogP contribution in [0.1, 0.15) is 11.1 Å². The summed E-state index contributed by atoms with van der Waals surface area (Å²) in [6.45, 7) is 0.446. The lowest BCUT2D eigenvalue weighted by atomic mass is 10.1. The fraction of sp³-hybridized carbons (Fsp3) is 0.235. The molecule has 0 heterocycles. The largest absolute Gasteiger partial charge is 0.497 e. The minimum atomic E-state index is -0.858. The van der Waals surface area contributed by atoms with Gasteiger partial charge in [0, 0.05) is 11.0 Å². The smallest absolute Gasteiger partial charge is 0.321 e. The van der Waals surface area contributed by atoms with E-state index in [0.717, 1.165) is 21.3 Å². The van der Waals surface area contributed by atoms with Gasteiger partial charge in [-0.2, -0.15) is 0 Å². The zero-order valence-electron chi connectivity index (χ0n) is 12.3. The van der Waals surface area contributed by atoms with Crippen LogP contribution in [-0.2, 0) is 17.8 Å². The second kappa shape index (κ2) is 7.96. The first-order chi connectivity index (χ1) is 10.6. The Hall–Kier alpha value is -1.85. The van der Waals surface area contributed by atoms with Crippen molar-refractivity contribution in [2.75, 3.05) is 7.11 Å². The van der Waals surface area contributed by atoms with Gasteiger partial charge in [0.1, 0.15) is 11.8 Å². The first-order valence-electron chi connectivity index (χ1n) is 6.92. The molecule has 0 bridgehead atoms. The van der Waals surface area contributed by atoms with E-state index in [2.05, 4.69) is 21.2 Å². The lowest BCUT2D eigenvalue weighted by Gasteiger charge is -2.16. The summed E-state index contributed by atoms with van der Waals surface area (Å²) in [6, 6.07) is 14.6. The molecule has 0 fully saturated rings. The van der Waals surface area contributed by atoms with Crippen LogP contribution in [0.5, 0.6) is 5.75 Å². The van der Waals surface area contributed by atoms with Crippen molar-refractivity contribution >= 4 is 21.9 Å². The number of methoxy groups -OCH3 is 1. The summed E-state index contributed by atoms with van der Waals surface area (Å²) in [7, 11) is 1.61. The van der Waals surface area contributed by atoms with Crippen molar-refractivity contribution in [3.8, 4) is 5.75 Å². The molecule has 1 atom stereocenters.